The predicted molar refractivity (Wildman–Crippen MR) is 82.6 cm³/mol. The molecule has 1 N–H and O–H groups in total. The molecule has 0 aliphatic heterocycles. The zero-order valence-corrected chi connectivity index (χ0v) is 11.6. The summed E-state index contributed by atoms with van der Waals surface area (Å²) >= 11 is 0. The Hall–Kier alpha value is -2.55. The molecule has 1 heterocycles. The summed E-state index contributed by atoms with van der Waals surface area (Å²) in [6.07, 6.45) is 2.17. The first-order valence-electron chi connectivity index (χ1n) is 7.03. The summed E-state index contributed by atoms with van der Waals surface area (Å²) in [7, 11) is 0. The molecule has 0 unspecified atom stereocenters. The molecule has 0 radical (unpaired) electrons. The molecule has 0 spiro atoms. The van der Waals surface area contributed by atoms with Crippen molar-refractivity contribution in [2.75, 3.05) is 0 Å². The topological polar surface area (TPSA) is 50.4 Å². The van der Waals surface area contributed by atoms with Crippen molar-refractivity contribution in [3.05, 3.63) is 76.1 Å². The maximum Gasteiger partial charge on any atom is 0.343 e. The SMILES string of the molecule is O=c1oc2ccccc2c(O)c1CCCc1ccccc1. The van der Waals surface area contributed by atoms with Crippen LogP contribution in [0.25, 0.3) is 11.0 Å². The van der Waals surface area contributed by atoms with Crippen LogP contribution >= 0.6 is 0 Å². The third-order valence-corrected chi connectivity index (χ3v) is 3.61. The lowest BCUT2D eigenvalue weighted by atomic mass is 10.0. The fourth-order valence-corrected chi connectivity index (χ4v) is 2.51. The summed E-state index contributed by atoms with van der Waals surface area (Å²) in [4.78, 5) is 12.0. The van der Waals surface area contributed by atoms with Gasteiger partial charge < -0.3 is 9.52 Å². The summed E-state index contributed by atoms with van der Waals surface area (Å²) < 4.78 is 5.26. The molecule has 1 aromatic heterocycles. The molecule has 0 atom stereocenters. The molecular formula is C18H16O3. The highest BCUT2D eigenvalue weighted by Crippen LogP contribution is 2.26. The van der Waals surface area contributed by atoms with Crippen LogP contribution in [-0.4, -0.2) is 5.11 Å². The Balaban J connectivity index is 1.82. The Morgan fingerprint density at radius 3 is 2.43 bits per heavy atom. The van der Waals surface area contributed by atoms with Gasteiger partial charge in [0.05, 0.1) is 10.9 Å². The Morgan fingerprint density at radius 2 is 1.62 bits per heavy atom. The molecule has 2 aromatic carbocycles. The quantitative estimate of drug-likeness (QED) is 0.742. The second-order valence-corrected chi connectivity index (χ2v) is 5.05. The highest BCUT2D eigenvalue weighted by molar-refractivity contribution is 5.83. The van der Waals surface area contributed by atoms with Gasteiger partial charge >= 0.3 is 5.63 Å². The minimum absolute atomic E-state index is 0.0508. The van der Waals surface area contributed by atoms with Crippen molar-refractivity contribution in [3.8, 4) is 5.75 Å². The Kier molecular flexibility index (Phi) is 3.73. The van der Waals surface area contributed by atoms with E-state index in [0.717, 1.165) is 12.8 Å². The van der Waals surface area contributed by atoms with Crippen molar-refractivity contribution < 1.29 is 9.52 Å². The number of para-hydroxylation sites is 1. The summed E-state index contributed by atoms with van der Waals surface area (Å²) in [5.74, 6) is 0.0508. The second kappa shape index (κ2) is 5.83. The van der Waals surface area contributed by atoms with Crippen LogP contribution in [0.2, 0.25) is 0 Å². The number of hydrogen-bond donors (Lipinski definition) is 1. The molecule has 0 bridgehead atoms. The highest BCUT2D eigenvalue weighted by atomic mass is 16.4. The highest BCUT2D eigenvalue weighted by Gasteiger charge is 2.13. The number of hydrogen-bond acceptors (Lipinski definition) is 3. The maximum atomic E-state index is 12.0. The molecule has 0 saturated carbocycles. The number of fused-ring (bicyclic) bond motifs is 1. The van der Waals surface area contributed by atoms with Crippen LogP contribution < -0.4 is 5.63 Å². The molecule has 3 rings (SSSR count). The normalized spacial score (nSPS) is 10.9. The van der Waals surface area contributed by atoms with Crippen LogP contribution in [0.5, 0.6) is 5.75 Å². The summed E-state index contributed by atoms with van der Waals surface area (Å²) in [6.45, 7) is 0. The van der Waals surface area contributed by atoms with Crippen LogP contribution in [0, 0.1) is 0 Å². The number of benzene rings is 2. The summed E-state index contributed by atoms with van der Waals surface area (Å²) in [5.41, 5.74) is 1.57. The molecule has 0 saturated heterocycles. The molecular weight excluding hydrogens is 264 g/mol. The first-order chi connectivity index (χ1) is 10.3. The van der Waals surface area contributed by atoms with Gasteiger partial charge in [-0.15, -0.1) is 0 Å². The van der Waals surface area contributed by atoms with Gasteiger partial charge in [0.15, 0.2) is 0 Å². The van der Waals surface area contributed by atoms with E-state index in [1.807, 2.05) is 24.3 Å². The van der Waals surface area contributed by atoms with Crippen LogP contribution in [0.3, 0.4) is 0 Å². The number of aryl methyl sites for hydroxylation is 1. The zero-order valence-electron chi connectivity index (χ0n) is 11.6. The standard InChI is InChI=1S/C18H16O3/c19-17-14-10-4-5-12-16(14)21-18(20)15(17)11-6-9-13-7-2-1-3-8-13/h1-5,7-8,10,12,19H,6,9,11H2. The van der Waals surface area contributed by atoms with Crippen molar-refractivity contribution in [1.29, 1.82) is 0 Å². The average Bonchev–Trinajstić information content (AvgIpc) is 2.51. The molecule has 0 aliphatic rings. The lowest BCUT2D eigenvalue weighted by molar-refractivity contribution is 0.455. The third-order valence-electron chi connectivity index (χ3n) is 3.61. The third kappa shape index (κ3) is 2.82. The van der Waals surface area contributed by atoms with Gasteiger partial charge in [-0.3, -0.25) is 0 Å². The average molecular weight is 280 g/mol. The Bertz CT molecular complexity index is 804. The molecule has 3 heteroatoms. The maximum absolute atomic E-state index is 12.0. The summed E-state index contributed by atoms with van der Waals surface area (Å²) in [5, 5.41) is 10.9. The van der Waals surface area contributed by atoms with Gasteiger partial charge in [-0.25, -0.2) is 4.79 Å². The number of aromatic hydroxyl groups is 1. The van der Waals surface area contributed by atoms with Crippen LogP contribution in [0.15, 0.2) is 63.8 Å². The minimum atomic E-state index is -0.445. The van der Waals surface area contributed by atoms with Crippen LogP contribution in [0.4, 0.5) is 0 Å². The van der Waals surface area contributed by atoms with Gasteiger partial charge in [0.25, 0.3) is 0 Å². The van der Waals surface area contributed by atoms with Gasteiger partial charge in [-0.2, -0.15) is 0 Å². The van der Waals surface area contributed by atoms with E-state index in [-0.39, 0.29) is 5.75 Å². The molecule has 0 amide bonds. The van der Waals surface area contributed by atoms with Crippen LogP contribution in [0.1, 0.15) is 17.5 Å². The minimum Gasteiger partial charge on any atom is -0.507 e. The van der Waals surface area contributed by atoms with Crippen molar-refractivity contribution in [2.24, 2.45) is 0 Å². The molecule has 3 aromatic rings. The molecule has 3 nitrogen and oxygen atoms in total. The van der Waals surface area contributed by atoms with Crippen LogP contribution in [-0.2, 0) is 12.8 Å². The van der Waals surface area contributed by atoms with Gasteiger partial charge in [0.2, 0.25) is 0 Å². The van der Waals surface area contributed by atoms with Gasteiger partial charge in [-0.05, 0) is 37.0 Å². The van der Waals surface area contributed by atoms with Crippen molar-refractivity contribution in [3.63, 3.8) is 0 Å². The first-order valence-corrected chi connectivity index (χ1v) is 7.03. The van der Waals surface area contributed by atoms with Gasteiger partial charge in [0, 0.05) is 0 Å². The van der Waals surface area contributed by atoms with Gasteiger partial charge in [0.1, 0.15) is 11.3 Å². The summed E-state index contributed by atoms with van der Waals surface area (Å²) in [6, 6.07) is 17.1. The smallest absolute Gasteiger partial charge is 0.343 e. The van der Waals surface area contributed by atoms with E-state index in [9.17, 15) is 9.90 Å². The Morgan fingerprint density at radius 1 is 0.905 bits per heavy atom. The molecule has 106 valence electrons. The monoisotopic (exact) mass is 280 g/mol. The van der Waals surface area contributed by atoms with E-state index in [4.69, 9.17) is 4.42 Å². The molecule has 21 heavy (non-hydrogen) atoms. The fraction of sp³-hybridized carbons (Fsp3) is 0.167. The van der Waals surface area contributed by atoms with E-state index < -0.39 is 5.63 Å². The van der Waals surface area contributed by atoms with Crippen molar-refractivity contribution in [1.82, 2.24) is 0 Å². The van der Waals surface area contributed by atoms with E-state index in [0.29, 0.717) is 23.0 Å². The predicted octanol–water partition coefficient (Wildman–Crippen LogP) is 3.67. The lowest BCUT2D eigenvalue weighted by Gasteiger charge is -2.06. The lowest BCUT2D eigenvalue weighted by Crippen LogP contribution is -2.08. The molecule has 0 aliphatic carbocycles. The largest absolute Gasteiger partial charge is 0.507 e. The second-order valence-electron chi connectivity index (χ2n) is 5.05. The number of rotatable bonds is 4. The first kappa shape index (κ1) is 13.4. The van der Waals surface area contributed by atoms with E-state index >= 15 is 0 Å². The van der Waals surface area contributed by atoms with E-state index in [1.54, 1.807) is 18.2 Å². The van der Waals surface area contributed by atoms with Crippen molar-refractivity contribution in [2.45, 2.75) is 19.3 Å². The van der Waals surface area contributed by atoms with E-state index in [1.165, 1.54) is 5.56 Å². The van der Waals surface area contributed by atoms with Crippen molar-refractivity contribution >= 4 is 11.0 Å². The van der Waals surface area contributed by atoms with Gasteiger partial charge in [-0.1, -0.05) is 42.5 Å². The Labute approximate surface area is 122 Å². The molecule has 0 fully saturated rings. The fourth-order valence-electron chi connectivity index (χ4n) is 2.51. The van der Waals surface area contributed by atoms with E-state index in [2.05, 4.69) is 12.1 Å². The zero-order chi connectivity index (χ0) is 14.7.